The number of amides is 2. The highest BCUT2D eigenvalue weighted by Crippen LogP contribution is 2.25. The average Bonchev–Trinajstić information content (AvgIpc) is 3.32. The van der Waals surface area contributed by atoms with Crippen LogP contribution in [-0.4, -0.2) is 43.6 Å². The molecule has 0 saturated heterocycles. The molecule has 2 amide bonds. The smallest absolute Gasteiger partial charge is 0.251 e. The zero-order chi connectivity index (χ0) is 23.6. The summed E-state index contributed by atoms with van der Waals surface area (Å²) < 4.78 is 19.2. The van der Waals surface area contributed by atoms with Crippen molar-refractivity contribution >= 4 is 29.1 Å². The number of carbonyl (C=O) groups excluding carboxylic acids is 2. The maximum absolute atomic E-state index is 13.7. The van der Waals surface area contributed by atoms with Crippen molar-refractivity contribution in [1.82, 2.24) is 25.5 Å². The molecule has 0 fully saturated rings. The third-order valence-electron chi connectivity index (χ3n) is 4.41. The topological polar surface area (TPSA) is 106 Å². The molecule has 3 rings (SSSR count). The van der Waals surface area contributed by atoms with Gasteiger partial charge in [-0.25, -0.2) is 4.39 Å². The molecule has 0 spiro atoms. The number of nitrogens with zero attached hydrogens (tertiary/aromatic N) is 5. The fraction of sp³-hybridized carbons (Fsp3) is 0.381. The van der Waals surface area contributed by atoms with Gasteiger partial charge in [0.05, 0.1) is 5.02 Å². The molecule has 2 heterocycles. The molecule has 1 aromatic carbocycles. The number of anilines is 1. The molecule has 0 saturated carbocycles. The van der Waals surface area contributed by atoms with Crippen LogP contribution in [-0.2, 0) is 16.1 Å². The number of carbonyl (C=O) groups is 2. The van der Waals surface area contributed by atoms with Crippen LogP contribution in [0.25, 0.3) is 11.6 Å². The molecule has 170 valence electrons. The molecule has 11 heteroatoms. The second-order valence-corrected chi connectivity index (χ2v) is 8.74. The lowest BCUT2D eigenvalue weighted by atomic mass is 10.1. The van der Waals surface area contributed by atoms with Gasteiger partial charge < -0.3 is 9.73 Å². The second kappa shape index (κ2) is 9.07. The number of aromatic nitrogens is 4. The van der Waals surface area contributed by atoms with E-state index in [0.717, 1.165) is 10.9 Å². The number of nitrogens with one attached hydrogen (secondary N) is 1. The summed E-state index contributed by atoms with van der Waals surface area (Å²) in [5.41, 5.74) is -0.246. The van der Waals surface area contributed by atoms with Crippen molar-refractivity contribution in [3.63, 3.8) is 0 Å². The van der Waals surface area contributed by atoms with E-state index in [2.05, 4.69) is 20.7 Å². The Morgan fingerprint density at radius 3 is 2.59 bits per heavy atom. The minimum Gasteiger partial charge on any atom is -0.458 e. The molecule has 0 aliphatic rings. The Balaban J connectivity index is 1.88. The molecule has 1 unspecified atom stereocenters. The predicted octanol–water partition coefficient (Wildman–Crippen LogP) is 3.37. The Kier molecular flexibility index (Phi) is 6.63. The zero-order valence-corrected chi connectivity index (χ0v) is 19.1. The van der Waals surface area contributed by atoms with Gasteiger partial charge in [0.25, 0.3) is 5.91 Å². The van der Waals surface area contributed by atoms with Crippen LogP contribution in [0, 0.1) is 12.7 Å². The quantitative estimate of drug-likeness (QED) is 0.602. The summed E-state index contributed by atoms with van der Waals surface area (Å²) in [6.07, 6.45) is 0. The fourth-order valence-corrected chi connectivity index (χ4v) is 3.15. The van der Waals surface area contributed by atoms with Gasteiger partial charge in [-0.15, -0.1) is 10.2 Å². The maximum Gasteiger partial charge on any atom is 0.251 e. The fourth-order valence-electron chi connectivity index (χ4n) is 2.97. The van der Waals surface area contributed by atoms with E-state index in [4.69, 9.17) is 16.0 Å². The van der Waals surface area contributed by atoms with E-state index < -0.39 is 23.3 Å². The molecule has 3 aromatic rings. The van der Waals surface area contributed by atoms with Gasteiger partial charge >= 0.3 is 0 Å². The Morgan fingerprint density at radius 1 is 1.28 bits per heavy atom. The van der Waals surface area contributed by atoms with Crippen LogP contribution in [0.2, 0.25) is 5.02 Å². The molecular weight excluding hydrogens is 439 g/mol. The van der Waals surface area contributed by atoms with Gasteiger partial charge in [0.2, 0.25) is 11.7 Å². The highest BCUT2D eigenvalue weighted by Gasteiger charge is 2.30. The normalized spacial score (nSPS) is 12.5. The van der Waals surface area contributed by atoms with Gasteiger partial charge in [0.15, 0.2) is 5.76 Å². The van der Waals surface area contributed by atoms with Crippen LogP contribution in [0.1, 0.15) is 33.5 Å². The molecule has 0 aliphatic carbocycles. The first kappa shape index (κ1) is 23.4. The SMILES string of the molecule is Cc1ccc(-c2nnn(CC(=O)N(c3ccc(F)c(Cl)c3)C(C)C(=O)NC(C)(C)C)n2)o1. The first-order valence-electron chi connectivity index (χ1n) is 9.88. The van der Waals surface area contributed by atoms with E-state index in [0.29, 0.717) is 11.5 Å². The summed E-state index contributed by atoms with van der Waals surface area (Å²) in [7, 11) is 0. The summed E-state index contributed by atoms with van der Waals surface area (Å²) >= 11 is 5.92. The summed E-state index contributed by atoms with van der Waals surface area (Å²) in [6, 6.07) is 6.35. The van der Waals surface area contributed by atoms with Crippen LogP contribution in [0.3, 0.4) is 0 Å². The minimum atomic E-state index is -0.918. The Hall–Kier alpha value is -3.27. The zero-order valence-electron chi connectivity index (χ0n) is 18.4. The molecule has 2 aromatic heterocycles. The molecular formula is C21H24ClFN6O3. The summed E-state index contributed by atoms with van der Waals surface area (Å²) in [5.74, 6) is -0.202. The van der Waals surface area contributed by atoms with Crippen molar-refractivity contribution in [3.05, 3.63) is 46.9 Å². The van der Waals surface area contributed by atoms with E-state index in [1.165, 1.54) is 17.0 Å². The van der Waals surface area contributed by atoms with Crippen LogP contribution in [0.4, 0.5) is 10.1 Å². The lowest BCUT2D eigenvalue weighted by Crippen LogP contribution is -2.53. The van der Waals surface area contributed by atoms with Gasteiger partial charge in [-0.3, -0.25) is 14.5 Å². The summed E-state index contributed by atoms with van der Waals surface area (Å²) in [6.45, 7) is 8.53. The number of benzene rings is 1. The lowest BCUT2D eigenvalue weighted by molar-refractivity contribution is -0.127. The number of hydrogen-bond acceptors (Lipinski definition) is 6. The number of aryl methyl sites for hydroxylation is 1. The van der Waals surface area contributed by atoms with Crippen molar-refractivity contribution in [2.24, 2.45) is 0 Å². The van der Waals surface area contributed by atoms with Gasteiger partial charge in [-0.05, 0) is 70.2 Å². The van der Waals surface area contributed by atoms with E-state index in [1.807, 2.05) is 20.8 Å². The number of halogens is 2. The molecule has 0 bridgehead atoms. The van der Waals surface area contributed by atoms with Gasteiger partial charge in [-0.2, -0.15) is 4.80 Å². The monoisotopic (exact) mass is 462 g/mol. The number of rotatable bonds is 6. The molecule has 0 radical (unpaired) electrons. The highest BCUT2D eigenvalue weighted by atomic mass is 35.5. The first-order valence-corrected chi connectivity index (χ1v) is 10.3. The van der Waals surface area contributed by atoms with Gasteiger partial charge in [0, 0.05) is 11.2 Å². The molecule has 1 N–H and O–H groups in total. The number of hydrogen-bond donors (Lipinski definition) is 1. The van der Waals surface area contributed by atoms with E-state index in [9.17, 15) is 14.0 Å². The van der Waals surface area contributed by atoms with Crippen molar-refractivity contribution in [1.29, 1.82) is 0 Å². The first-order chi connectivity index (χ1) is 14.9. The van der Waals surface area contributed by atoms with E-state index >= 15 is 0 Å². The third kappa shape index (κ3) is 5.50. The van der Waals surface area contributed by atoms with Crippen LogP contribution in [0.15, 0.2) is 34.7 Å². The van der Waals surface area contributed by atoms with Crippen molar-refractivity contribution in [2.75, 3.05) is 4.90 Å². The maximum atomic E-state index is 13.7. The van der Waals surface area contributed by atoms with Crippen molar-refractivity contribution in [2.45, 2.75) is 52.7 Å². The Bertz CT molecular complexity index is 1140. The minimum absolute atomic E-state index is 0.168. The Morgan fingerprint density at radius 2 is 2.00 bits per heavy atom. The van der Waals surface area contributed by atoms with E-state index in [-0.39, 0.29) is 29.0 Å². The lowest BCUT2D eigenvalue weighted by Gasteiger charge is -2.31. The van der Waals surface area contributed by atoms with Crippen molar-refractivity contribution in [3.8, 4) is 11.6 Å². The molecule has 9 nitrogen and oxygen atoms in total. The number of furan rings is 1. The summed E-state index contributed by atoms with van der Waals surface area (Å²) in [4.78, 5) is 28.4. The largest absolute Gasteiger partial charge is 0.458 e. The van der Waals surface area contributed by atoms with Crippen LogP contribution in [0.5, 0.6) is 0 Å². The third-order valence-corrected chi connectivity index (χ3v) is 4.69. The predicted molar refractivity (Wildman–Crippen MR) is 117 cm³/mol. The highest BCUT2D eigenvalue weighted by molar-refractivity contribution is 6.31. The Labute approximate surface area is 189 Å². The second-order valence-electron chi connectivity index (χ2n) is 8.33. The van der Waals surface area contributed by atoms with E-state index in [1.54, 1.807) is 26.0 Å². The number of tetrazole rings is 1. The van der Waals surface area contributed by atoms with Gasteiger partial charge in [-0.1, -0.05) is 11.6 Å². The molecule has 32 heavy (non-hydrogen) atoms. The standard InChI is InChI=1S/C21H24ClFN6O3/c1-12-6-9-17(32-12)19-25-27-28(26-19)11-18(30)29(13(2)20(31)24-21(3,4)5)14-7-8-16(23)15(22)10-14/h6-10,13H,11H2,1-5H3,(H,24,31). The van der Waals surface area contributed by atoms with Crippen molar-refractivity contribution < 1.29 is 18.4 Å². The molecule has 1 atom stereocenters. The average molecular weight is 463 g/mol. The molecule has 0 aliphatic heterocycles. The van der Waals surface area contributed by atoms with Gasteiger partial charge in [0.1, 0.15) is 24.2 Å². The summed E-state index contributed by atoms with van der Waals surface area (Å²) in [5, 5.41) is 14.6. The van der Waals surface area contributed by atoms with Crippen LogP contribution >= 0.6 is 11.6 Å². The van der Waals surface area contributed by atoms with Crippen LogP contribution < -0.4 is 10.2 Å².